The summed E-state index contributed by atoms with van der Waals surface area (Å²) in [7, 11) is 5.14. The van der Waals surface area contributed by atoms with Crippen molar-refractivity contribution in [3.63, 3.8) is 0 Å². The molecule has 2 atom stereocenters. The number of hydrogen-bond acceptors (Lipinski definition) is 6. The number of nitrogens with one attached hydrogen (secondary N) is 1. The largest absolute Gasteiger partial charge is 0.324 e. The molecular formula is C29H24N6O3S. The average molecular weight is 537 g/mol. The molecule has 1 saturated heterocycles. The van der Waals surface area contributed by atoms with Crippen molar-refractivity contribution in [1.29, 1.82) is 0 Å². The number of fused-ring (bicyclic) bond motifs is 3. The first-order chi connectivity index (χ1) is 18.8. The first-order valence-corrected chi connectivity index (χ1v) is 13.3. The third-order valence-electron chi connectivity index (χ3n) is 8.03. The van der Waals surface area contributed by atoms with Crippen LogP contribution in [0.3, 0.4) is 0 Å². The molecule has 0 spiro atoms. The molecule has 7 rings (SSSR count). The lowest BCUT2D eigenvalue weighted by atomic mass is 9.80. The second-order valence-electron chi connectivity index (χ2n) is 9.85. The van der Waals surface area contributed by atoms with E-state index < -0.39 is 11.3 Å². The molecule has 3 aliphatic rings. The zero-order valence-electron chi connectivity index (χ0n) is 21.5. The Hall–Kier alpha value is -4.70. The van der Waals surface area contributed by atoms with Crippen molar-refractivity contribution in [3.05, 3.63) is 121 Å². The van der Waals surface area contributed by atoms with Gasteiger partial charge in [-0.05, 0) is 6.07 Å². The van der Waals surface area contributed by atoms with Gasteiger partial charge in [0, 0.05) is 37.8 Å². The van der Waals surface area contributed by atoms with Crippen LogP contribution in [0.2, 0.25) is 0 Å². The molecule has 10 heteroatoms. The number of thiazole rings is 1. The molecule has 9 nitrogen and oxygen atoms in total. The maximum absolute atomic E-state index is 14.1. The minimum atomic E-state index is -1.27. The van der Waals surface area contributed by atoms with Crippen molar-refractivity contribution in [2.75, 3.05) is 31.5 Å². The summed E-state index contributed by atoms with van der Waals surface area (Å²) in [5.74, 6) is -0.243. The quantitative estimate of drug-likeness (QED) is 0.424. The van der Waals surface area contributed by atoms with E-state index in [-0.39, 0.29) is 17.5 Å². The molecule has 0 bridgehead atoms. The first kappa shape index (κ1) is 23.4. The fourth-order valence-corrected chi connectivity index (χ4v) is 7.21. The normalized spacial score (nSPS) is 24.7. The monoisotopic (exact) mass is 536 g/mol. The van der Waals surface area contributed by atoms with Crippen molar-refractivity contribution < 1.29 is 9.59 Å². The Morgan fingerprint density at radius 1 is 0.769 bits per heavy atom. The standard InChI is InChI=1S/C29H24N6O3S/c1-32-21-17-11-10-16-20(21)22(24(32)36)23-25(37)35-26(39-23)30-28(18-12-6-4-7-13-18)29(31-35,19-14-8-5-9-15-19)34(3)27(38)33(28)2/h4-17,31H,1-3H3/b23-22-/t28-,29+/m1/s1. The van der Waals surface area contributed by atoms with E-state index >= 15 is 0 Å². The van der Waals surface area contributed by atoms with Crippen LogP contribution in [-0.4, -0.2) is 47.6 Å². The van der Waals surface area contributed by atoms with Gasteiger partial charge in [-0.3, -0.25) is 24.8 Å². The highest BCUT2D eigenvalue weighted by Gasteiger charge is 2.69. The number of benzene rings is 3. The first-order valence-electron chi connectivity index (χ1n) is 12.5. The summed E-state index contributed by atoms with van der Waals surface area (Å²) >= 11 is 1.15. The molecule has 0 radical (unpaired) electrons. The summed E-state index contributed by atoms with van der Waals surface area (Å²) < 4.78 is 1.68. The summed E-state index contributed by atoms with van der Waals surface area (Å²) in [4.78, 5) is 51.5. The molecule has 3 amide bonds. The van der Waals surface area contributed by atoms with Crippen LogP contribution in [0, 0.1) is 0 Å². The van der Waals surface area contributed by atoms with Gasteiger partial charge in [0.1, 0.15) is 4.53 Å². The number of likely N-dealkylation sites (N-methyl/N-ethyl adjacent to an activating group) is 3. The second kappa shape index (κ2) is 7.90. The molecule has 0 unspecified atom stereocenters. The SMILES string of the molecule is CN1C(=O)/C(=c2\sc3n(c2=O)N[C@@]2(c4ccccc4)N(C)C(=O)N(C)[C@@]2(c2ccccc2)N=3)c2ccccc21. The van der Waals surface area contributed by atoms with Crippen LogP contribution >= 0.6 is 11.3 Å². The summed E-state index contributed by atoms with van der Waals surface area (Å²) in [6.45, 7) is 0. The Balaban J connectivity index is 1.62. The van der Waals surface area contributed by atoms with Crippen LogP contribution in [0.5, 0.6) is 0 Å². The van der Waals surface area contributed by atoms with Crippen molar-refractivity contribution in [1.82, 2.24) is 14.5 Å². The van der Waals surface area contributed by atoms with Gasteiger partial charge in [0.25, 0.3) is 11.5 Å². The molecule has 1 fully saturated rings. The number of rotatable bonds is 2. The number of amides is 3. The lowest BCUT2D eigenvalue weighted by Crippen LogP contribution is -2.67. The Kier molecular flexibility index (Phi) is 4.75. The van der Waals surface area contributed by atoms with Gasteiger partial charge in [-0.2, -0.15) is 4.68 Å². The van der Waals surface area contributed by atoms with Crippen LogP contribution in [0.4, 0.5) is 10.5 Å². The summed E-state index contributed by atoms with van der Waals surface area (Å²) in [6.07, 6.45) is 0. The third kappa shape index (κ3) is 2.73. The Labute approximate surface area is 227 Å². The highest BCUT2D eigenvalue weighted by molar-refractivity contribution is 7.07. The number of carbonyl (C=O) groups is 2. The van der Waals surface area contributed by atoms with Gasteiger partial charge in [0.05, 0.1) is 11.3 Å². The number of urea groups is 1. The van der Waals surface area contributed by atoms with Crippen molar-refractivity contribution in [2.45, 2.75) is 11.3 Å². The van der Waals surface area contributed by atoms with E-state index in [9.17, 15) is 14.4 Å². The number of para-hydroxylation sites is 1. The Bertz CT molecular complexity index is 1870. The molecular weight excluding hydrogens is 512 g/mol. The maximum Gasteiger partial charge on any atom is 0.324 e. The number of nitrogens with zero attached hydrogens (tertiary/aromatic N) is 5. The Morgan fingerprint density at radius 3 is 2.08 bits per heavy atom. The van der Waals surface area contributed by atoms with E-state index in [0.29, 0.717) is 20.5 Å². The van der Waals surface area contributed by atoms with Gasteiger partial charge in [-0.25, -0.2) is 9.79 Å². The lowest BCUT2D eigenvalue weighted by Gasteiger charge is -2.49. The minimum absolute atomic E-state index is 0.243. The number of carbonyl (C=O) groups excluding carboxylic acids is 2. The van der Waals surface area contributed by atoms with Crippen molar-refractivity contribution >= 4 is 34.5 Å². The van der Waals surface area contributed by atoms with E-state index in [4.69, 9.17) is 4.99 Å². The predicted octanol–water partition coefficient (Wildman–Crippen LogP) is 1.97. The van der Waals surface area contributed by atoms with Gasteiger partial charge >= 0.3 is 6.03 Å². The van der Waals surface area contributed by atoms with Gasteiger partial charge in [0.2, 0.25) is 16.1 Å². The van der Waals surface area contributed by atoms with Gasteiger partial charge < -0.3 is 4.90 Å². The molecule has 0 aliphatic carbocycles. The van der Waals surface area contributed by atoms with Gasteiger partial charge in [-0.1, -0.05) is 90.2 Å². The van der Waals surface area contributed by atoms with Gasteiger partial charge in [0.15, 0.2) is 0 Å². The van der Waals surface area contributed by atoms with Crippen LogP contribution in [0.1, 0.15) is 16.7 Å². The number of anilines is 1. The number of hydrogen-bond donors (Lipinski definition) is 1. The molecule has 3 aromatic carbocycles. The van der Waals surface area contributed by atoms with Crippen LogP contribution in [0.15, 0.2) is 94.7 Å². The second-order valence-corrected chi connectivity index (χ2v) is 10.8. The predicted molar refractivity (Wildman–Crippen MR) is 148 cm³/mol. The Morgan fingerprint density at radius 2 is 1.38 bits per heavy atom. The molecule has 4 aromatic rings. The van der Waals surface area contributed by atoms with E-state index in [1.54, 1.807) is 35.8 Å². The third-order valence-corrected chi connectivity index (χ3v) is 9.07. The highest BCUT2D eigenvalue weighted by atomic mass is 32.1. The van der Waals surface area contributed by atoms with Crippen LogP contribution in [-0.2, 0) is 16.1 Å². The van der Waals surface area contributed by atoms with Crippen molar-refractivity contribution in [2.24, 2.45) is 4.99 Å². The van der Waals surface area contributed by atoms with E-state index in [2.05, 4.69) is 5.43 Å². The zero-order chi connectivity index (χ0) is 27.1. The average Bonchev–Trinajstić information content (AvgIpc) is 3.48. The topological polar surface area (TPSA) is 90.2 Å². The smallest absolute Gasteiger partial charge is 0.311 e. The van der Waals surface area contributed by atoms with Crippen molar-refractivity contribution in [3.8, 4) is 0 Å². The molecule has 0 saturated carbocycles. The molecule has 3 aliphatic heterocycles. The zero-order valence-corrected chi connectivity index (χ0v) is 22.3. The summed E-state index contributed by atoms with van der Waals surface area (Å²) in [6, 6.07) is 26.3. The van der Waals surface area contributed by atoms with Crippen LogP contribution < -0.4 is 25.2 Å². The fourth-order valence-electron chi connectivity index (χ4n) is 6.16. The molecule has 4 heterocycles. The molecule has 39 heavy (non-hydrogen) atoms. The van der Waals surface area contributed by atoms with E-state index in [1.807, 2.05) is 84.9 Å². The van der Waals surface area contributed by atoms with Crippen LogP contribution in [0.25, 0.3) is 5.57 Å². The van der Waals surface area contributed by atoms with Gasteiger partial charge in [-0.15, -0.1) is 0 Å². The summed E-state index contributed by atoms with van der Waals surface area (Å²) in [5.41, 5.74) is 3.89. The minimum Gasteiger partial charge on any atom is -0.311 e. The van der Waals surface area contributed by atoms with E-state index in [1.165, 1.54) is 4.68 Å². The highest BCUT2D eigenvalue weighted by Crippen LogP contribution is 2.53. The molecule has 194 valence electrons. The molecule has 1 aromatic heterocycles. The summed E-state index contributed by atoms with van der Waals surface area (Å²) in [5, 5.41) is 0. The van der Waals surface area contributed by atoms with E-state index in [0.717, 1.165) is 28.2 Å². The number of aromatic nitrogens is 1. The molecule has 1 N–H and O–H groups in total. The maximum atomic E-state index is 14.1. The fraction of sp³-hybridized carbons (Fsp3) is 0.172. The lowest BCUT2D eigenvalue weighted by molar-refractivity contribution is -0.112.